The molecule has 1 amide bonds. The number of amides is 1. The Kier molecular flexibility index (Phi) is 6.63. The second-order valence-electron chi connectivity index (χ2n) is 11.7. The van der Waals surface area contributed by atoms with Gasteiger partial charge < -0.3 is 15.4 Å². The summed E-state index contributed by atoms with van der Waals surface area (Å²) in [6.45, 7) is 13.6. The highest BCUT2D eigenvalue weighted by atomic mass is 16.3. The molecule has 36 heavy (non-hydrogen) atoms. The summed E-state index contributed by atoms with van der Waals surface area (Å²) in [6, 6.07) is 16.2. The lowest BCUT2D eigenvalue weighted by molar-refractivity contribution is -0.129. The van der Waals surface area contributed by atoms with Gasteiger partial charge in [-0.05, 0) is 69.2 Å². The number of ketones is 1. The molecule has 1 aliphatic carbocycles. The third-order valence-electron chi connectivity index (χ3n) is 7.28. The van der Waals surface area contributed by atoms with Crippen LogP contribution in [0.4, 0.5) is 0 Å². The predicted octanol–water partition coefficient (Wildman–Crippen LogP) is 6.51. The standard InChI is InChI=1S/C31H38N2O3/c1-18(2)16-31(7)28(35)26(29(31)36)25(21-11-9-8-10-12-21)27-23(17-30(5,6)33-20(4)34)22-14-13-19(3)15-24(22)32-27/h8-15,18,25,32,35H,16-17H2,1-7H3,(H,33,34). The lowest BCUT2D eigenvalue weighted by Gasteiger charge is -2.42. The molecule has 4 rings (SSSR count). The fraction of sp³-hybridized carbons (Fsp3) is 0.419. The number of benzene rings is 2. The van der Waals surface area contributed by atoms with Crippen LogP contribution in [0.1, 0.15) is 76.3 Å². The number of fused-ring (bicyclic) bond motifs is 1. The molecule has 3 N–H and O–H groups in total. The zero-order valence-electron chi connectivity index (χ0n) is 22.5. The molecule has 0 radical (unpaired) electrons. The molecule has 190 valence electrons. The summed E-state index contributed by atoms with van der Waals surface area (Å²) in [6.07, 6.45) is 1.18. The second kappa shape index (κ2) is 9.27. The monoisotopic (exact) mass is 486 g/mol. The van der Waals surface area contributed by atoms with Gasteiger partial charge in [0, 0.05) is 34.6 Å². The van der Waals surface area contributed by atoms with Crippen molar-refractivity contribution in [2.45, 2.75) is 72.8 Å². The van der Waals surface area contributed by atoms with Crippen molar-refractivity contribution in [3.05, 3.63) is 82.2 Å². The third-order valence-corrected chi connectivity index (χ3v) is 7.28. The molecule has 5 heteroatoms. The number of hydrogen-bond donors (Lipinski definition) is 3. The van der Waals surface area contributed by atoms with Gasteiger partial charge in [-0.1, -0.05) is 56.3 Å². The van der Waals surface area contributed by atoms with E-state index in [-0.39, 0.29) is 23.4 Å². The number of aliphatic hydroxyl groups excluding tert-OH is 1. The van der Waals surface area contributed by atoms with Gasteiger partial charge in [-0.15, -0.1) is 0 Å². The maximum atomic E-state index is 13.7. The number of aromatic nitrogens is 1. The van der Waals surface area contributed by atoms with Gasteiger partial charge in [-0.3, -0.25) is 9.59 Å². The molecule has 0 saturated carbocycles. The largest absolute Gasteiger partial charge is 0.511 e. The Balaban J connectivity index is 1.96. The number of carbonyl (C=O) groups excluding carboxylic acids is 2. The van der Waals surface area contributed by atoms with Crippen LogP contribution in [0.25, 0.3) is 10.9 Å². The van der Waals surface area contributed by atoms with E-state index < -0.39 is 16.9 Å². The normalized spacial score (nSPS) is 19.1. The molecule has 0 spiro atoms. The number of H-pyrrole nitrogens is 1. The quantitative estimate of drug-likeness (QED) is 0.339. The summed E-state index contributed by atoms with van der Waals surface area (Å²) in [7, 11) is 0. The van der Waals surface area contributed by atoms with E-state index in [0.29, 0.717) is 18.4 Å². The molecule has 3 aromatic rings. The first-order valence-corrected chi connectivity index (χ1v) is 12.8. The first-order chi connectivity index (χ1) is 16.8. The summed E-state index contributed by atoms with van der Waals surface area (Å²) < 4.78 is 0. The smallest absolute Gasteiger partial charge is 0.217 e. The maximum Gasteiger partial charge on any atom is 0.217 e. The highest BCUT2D eigenvalue weighted by Gasteiger charge is 2.54. The molecule has 0 saturated heterocycles. The van der Waals surface area contributed by atoms with Gasteiger partial charge in [0.25, 0.3) is 0 Å². The molecule has 1 heterocycles. The van der Waals surface area contributed by atoms with Crippen LogP contribution in [-0.4, -0.2) is 27.3 Å². The molecule has 0 bridgehead atoms. The summed E-state index contributed by atoms with van der Waals surface area (Å²) in [5.41, 5.74) is 4.10. The van der Waals surface area contributed by atoms with E-state index in [9.17, 15) is 14.7 Å². The second-order valence-corrected chi connectivity index (χ2v) is 11.7. The van der Waals surface area contributed by atoms with Gasteiger partial charge in [-0.2, -0.15) is 0 Å². The molecular formula is C31H38N2O3. The maximum absolute atomic E-state index is 13.7. The Morgan fingerprint density at radius 1 is 1.14 bits per heavy atom. The SMILES string of the molecule is CC(=O)NC(C)(C)Cc1c(C(C2=C(O)C(C)(CC(C)C)C2=O)c2ccccc2)[nH]c2cc(C)ccc12. The molecule has 2 aromatic carbocycles. The average molecular weight is 487 g/mol. The van der Waals surface area contributed by atoms with Gasteiger partial charge in [0.2, 0.25) is 5.91 Å². The van der Waals surface area contributed by atoms with Gasteiger partial charge >= 0.3 is 0 Å². The zero-order chi connectivity index (χ0) is 26.4. The topological polar surface area (TPSA) is 82.2 Å². The third kappa shape index (κ3) is 4.59. The van der Waals surface area contributed by atoms with Gasteiger partial charge in [0.1, 0.15) is 5.76 Å². The van der Waals surface area contributed by atoms with Gasteiger partial charge in [0.05, 0.1) is 11.3 Å². The van der Waals surface area contributed by atoms with E-state index in [2.05, 4.69) is 49.3 Å². The van der Waals surface area contributed by atoms with Crippen molar-refractivity contribution < 1.29 is 14.7 Å². The van der Waals surface area contributed by atoms with Crippen LogP contribution >= 0.6 is 0 Å². The summed E-state index contributed by atoms with van der Waals surface area (Å²) >= 11 is 0. The van der Waals surface area contributed by atoms with Crippen LogP contribution in [0.2, 0.25) is 0 Å². The minimum absolute atomic E-state index is 0.00413. The van der Waals surface area contributed by atoms with E-state index >= 15 is 0 Å². The van der Waals surface area contributed by atoms with E-state index in [4.69, 9.17) is 0 Å². The molecule has 1 aliphatic rings. The van der Waals surface area contributed by atoms with Crippen molar-refractivity contribution in [1.29, 1.82) is 0 Å². The van der Waals surface area contributed by atoms with Crippen molar-refractivity contribution in [2.75, 3.05) is 0 Å². The highest BCUT2D eigenvalue weighted by Crippen LogP contribution is 2.53. The molecule has 2 unspecified atom stereocenters. The van der Waals surface area contributed by atoms with E-state index in [1.165, 1.54) is 6.92 Å². The Hall–Kier alpha value is -3.34. The lowest BCUT2D eigenvalue weighted by Crippen LogP contribution is -2.46. The van der Waals surface area contributed by atoms with E-state index in [0.717, 1.165) is 33.3 Å². The number of aryl methyl sites for hydroxylation is 1. The first kappa shape index (κ1) is 25.7. The van der Waals surface area contributed by atoms with Crippen molar-refractivity contribution in [3.63, 3.8) is 0 Å². The average Bonchev–Trinajstić information content (AvgIpc) is 3.12. The highest BCUT2D eigenvalue weighted by molar-refractivity contribution is 6.10. The zero-order valence-corrected chi connectivity index (χ0v) is 22.5. The van der Waals surface area contributed by atoms with Crippen molar-refractivity contribution in [3.8, 4) is 0 Å². The molecule has 5 nitrogen and oxygen atoms in total. The number of allylic oxidation sites excluding steroid dienone is 2. The van der Waals surface area contributed by atoms with Gasteiger partial charge in [-0.25, -0.2) is 0 Å². The summed E-state index contributed by atoms with van der Waals surface area (Å²) in [5, 5.41) is 15.5. The molecule has 1 aromatic heterocycles. The number of nitrogens with one attached hydrogen (secondary N) is 2. The molecule has 0 fully saturated rings. The number of Topliss-reactive ketones (excluding diaryl/α,β-unsaturated/α-hetero) is 1. The number of aromatic amines is 1. The van der Waals surface area contributed by atoms with Crippen LogP contribution in [-0.2, 0) is 16.0 Å². The molecular weight excluding hydrogens is 448 g/mol. The first-order valence-electron chi connectivity index (χ1n) is 12.8. The molecule has 2 atom stereocenters. The van der Waals surface area contributed by atoms with Crippen molar-refractivity contribution >= 4 is 22.6 Å². The number of hydrogen-bond acceptors (Lipinski definition) is 3. The Morgan fingerprint density at radius 3 is 2.39 bits per heavy atom. The predicted molar refractivity (Wildman–Crippen MR) is 145 cm³/mol. The fourth-order valence-corrected chi connectivity index (χ4v) is 5.93. The fourth-order valence-electron chi connectivity index (χ4n) is 5.93. The summed E-state index contributed by atoms with van der Waals surface area (Å²) in [5.74, 6) is -0.0464. The van der Waals surface area contributed by atoms with Crippen LogP contribution in [0, 0.1) is 18.3 Å². The van der Waals surface area contributed by atoms with E-state index in [1.807, 2.05) is 51.1 Å². The Bertz CT molecular complexity index is 1350. The Labute approximate surface area is 214 Å². The molecule has 0 aliphatic heterocycles. The van der Waals surface area contributed by atoms with Crippen LogP contribution in [0.5, 0.6) is 0 Å². The van der Waals surface area contributed by atoms with E-state index in [1.54, 1.807) is 0 Å². The Morgan fingerprint density at radius 2 is 1.81 bits per heavy atom. The lowest BCUT2D eigenvalue weighted by atomic mass is 9.60. The minimum atomic E-state index is -0.852. The summed E-state index contributed by atoms with van der Waals surface area (Å²) in [4.78, 5) is 29.3. The van der Waals surface area contributed by atoms with Crippen LogP contribution < -0.4 is 5.32 Å². The van der Waals surface area contributed by atoms with Crippen LogP contribution in [0.15, 0.2) is 59.9 Å². The number of rotatable bonds is 8. The number of aliphatic hydroxyl groups is 1. The number of carbonyl (C=O) groups is 2. The van der Waals surface area contributed by atoms with Gasteiger partial charge in [0.15, 0.2) is 5.78 Å². The van der Waals surface area contributed by atoms with Crippen LogP contribution in [0.3, 0.4) is 0 Å². The van der Waals surface area contributed by atoms with Crippen molar-refractivity contribution in [1.82, 2.24) is 10.3 Å². The minimum Gasteiger partial charge on any atom is -0.511 e. The van der Waals surface area contributed by atoms with Crippen molar-refractivity contribution in [2.24, 2.45) is 11.3 Å².